The molecule has 2 aromatic rings. The minimum Gasteiger partial charge on any atom is -0.497 e. The van der Waals surface area contributed by atoms with Crippen LogP contribution >= 0.6 is 0 Å². The van der Waals surface area contributed by atoms with Crippen molar-refractivity contribution in [1.82, 2.24) is 0 Å². The van der Waals surface area contributed by atoms with E-state index in [9.17, 15) is 0 Å². The fourth-order valence-corrected chi connectivity index (χ4v) is 1.85. The lowest BCUT2D eigenvalue weighted by atomic mass is 10.2. The van der Waals surface area contributed by atoms with Crippen LogP contribution < -0.4 is 19.9 Å². The maximum absolute atomic E-state index is 5.87. The average Bonchev–Trinajstić information content (AvgIpc) is 2.46. The van der Waals surface area contributed by atoms with Gasteiger partial charge in [0.2, 0.25) is 0 Å². The Morgan fingerprint density at radius 1 is 0.900 bits per heavy atom. The Kier molecular flexibility index (Phi) is 4.71. The molecule has 0 unspecified atom stereocenters. The molecule has 0 fully saturated rings. The van der Waals surface area contributed by atoms with Gasteiger partial charge in [0.25, 0.3) is 0 Å². The fourth-order valence-electron chi connectivity index (χ4n) is 1.85. The van der Waals surface area contributed by atoms with Crippen LogP contribution in [0.15, 0.2) is 42.5 Å². The lowest BCUT2D eigenvalue weighted by molar-refractivity contribution is 0.217. The maximum atomic E-state index is 5.87. The summed E-state index contributed by atoms with van der Waals surface area (Å²) in [5.41, 5.74) is 7.54. The van der Waals surface area contributed by atoms with E-state index in [0.717, 1.165) is 22.8 Å². The number of rotatable bonds is 6. The average molecular weight is 273 g/mol. The highest BCUT2D eigenvalue weighted by Gasteiger charge is 2.03. The predicted molar refractivity (Wildman–Crippen MR) is 79.6 cm³/mol. The van der Waals surface area contributed by atoms with Crippen molar-refractivity contribution in [3.8, 4) is 17.2 Å². The number of ether oxygens (including phenoxy) is 3. The summed E-state index contributed by atoms with van der Waals surface area (Å²) in [7, 11) is 1.64. The summed E-state index contributed by atoms with van der Waals surface area (Å²) in [5.74, 6) is 2.32. The zero-order chi connectivity index (χ0) is 14.4. The minimum atomic E-state index is 0.446. The number of para-hydroxylation sites is 1. The molecule has 0 bridgehead atoms. The number of benzene rings is 2. The molecule has 0 heterocycles. The summed E-state index contributed by atoms with van der Waals surface area (Å²) in [6.45, 7) is 2.87. The van der Waals surface area contributed by atoms with Crippen LogP contribution in [-0.2, 0) is 0 Å². The Morgan fingerprint density at radius 3 is 2.20 bits per heavy atom. The number of nitrogens with two attached hydrogens (primary N) is 1. The molecule has 0 atom stereocenters. The van der Waals surface area contributed by atoms with Crippen LogP contribution in [0.3, 0.4) is 0 Å². The van der Waals surface area contributed by atoms with Gasteiger partial charge in [-0.3, -0.25) is 0 Å². The third kappa shape index (κ3) is 3.57. The van der Waals surface area contributed by atoms with E-state index in [1.54, 1.807) is 7.11 Å². The predicted octanol–water partition coefficient (Wildman–Crippen LogP) is 3.04. The first-order chi connectivity index (χ1) is 9.70. The molecule has 4 heteroatoms. The molecule has 0 aromatic heterocycles. The van der Waals surface area contributed by atoms with E-state index in [0.29, 0.717) is 18.9 Å². The van der Waals surface area contributed by atoms with E-state index in [1.807, 2.05) is 49.4 Å². The summed E-state index contributed by atoms with van der Waals surface area (Å²) >= 11 is 0. The van der Waals surface area contributed by atoms with Crippen molar-refractivity contribution in [2.24, 2.45) is 0 Å². The van der Waals surface area contributed by atoms with Crippen LogP contribution in [0, 0.1) is 6.92 Å². The lowest BCUT2D eigenvalue weighted by Gasteiger charge is -2.12. The van der Waals surface area contributed by atoms with E-state index in [1.165, 1.54) is 0 Å². The number of nitrogen functional groups attached to an aromatic ring is 1. The van der Waals surface area contributed by atoms with Gasteiger partial charge in [0, 0.05) is 0 Å². The molecule has 2 rings (SSSR count). The van der Waals surface area contributed by atoms with Crippen LogP contribution in [0.5, 0.6) is 17.2 Å². The molecule has 4 nitrogen and oxygen atoms in total. The van der Waals surface area contributed by atoms with Gasteiger partial charge in [-0.2, -0.15) is 0 Å². The molecular formula is C16H19NO3. The van der Waals surface area contributed by atoms with Crippen LogP contribution in [-0.4, -0.2) is 20.3 Å². The molecule has 0 spiro atoms. The monoisotopic (exact) mass is 273 g/mol. The number of anilines is 1. The van der Waals surface area contributed by atoms with Crippen LogP contribution in [0.4, 0.5) is 5.69 Å². The topological polar surface area (TPSA) is 53.7 Å². The largest absolute Gasteiger partial charge is 0.497 e. The second-order valence-corrected chi connectivity index (χ2v) is 4.37. The molecule has 0 aliphatic heterocycles. The van der Waals surface area contributed by atoms with Gasteiger partial charge >= 0.3 is 0 Å². The number of aryl methyl sites for hydroxylation is 1. The Labute approximate surface area is 119 Å². The molecule has 20 heavy (non-hydrogen) atoms. The zero-order valence-electron chi connectivity index (χ0n) is 11.8. The Balaban J connectivity index is 1.81. The van der Waals surface area contributed by atoms with Crippen molar-refractivity contribution >= 4 is 5.69 Å². The molecule has 0 aliphatic rings. The smallest absolute Gasteiger partial charge is 0.145 e. The second kappa shape index (κ2) is 6.70. The quantitative estimate of drug-likeness (QED) is 0.649. The molecule has 2 N–H and O–H groups in total. The van der Waals surface area contributed by atoms with E-state index in [4.69, 9.17) is 19.9 Å². The highest BCUT2D eigenvalue weighted by molar-refractivity contribution is 5.56. The van der Waals surface area contributed by atoms with Crippen molar-refractivity contribution < 1.29 is 14.2 Å². The van der Waals surface area contributed by atoms with E-state index in [2.05, 4.69) is 0 Å². The molecule has 0 radical (unpaired) electrons. The lowest BCUT2D eigenvalue weighted by Crippen LogP contribution is -2.10. The normalized spacial score (nSPS) is 10.1. The number of hydrogen-bond donors (Lipinski definition) is 1. The summed E-state index contributed by atoms with van der Waals surface area (Å²) in [6, 6.07) is 13.1. The first-order valence-corrected chi connectivity index (χ1v) is 6.45. The summed E-state index contributed by atoms with van der Waals surface area (Å²) in [4.78, 5) is 0. The third-order valence-electron chi connectivity index (χ3n) is 2.90. The van der Waals surface area contributed by atoms with Gasteiger partial charge in [-0.1, -0.05) is 12.1 Å². The first-order valence-electron chi connectivity index (χ1n) is 6.45. The van der Waals surface area contributed by atoms with E-state index in [-0.39, 0.29) is 0 Å². The Bertz CT molecular complexity index is 532. The van der Waals surface area contributed by atoms with Gasteiger partial charge in [-0.05, 0) is 42.8 Å². The molecule has 0 saturated heterocycles. The van der Waals surface area contributed by atoms with Crippen LogP contribution in [0.1, 0.15) is 5.56 Å². The summed E-state index contributed by atoms with van der Waals surface area (Å²) in [5, 5.41) is 0. The third-order valence-corrected chi connectivity index (χ3v) is 2.90. The Hall–Kier alpha value is -2.36. The standard InChI is InChI=1S/C16H19NO3/c1-12-4-3-5-15(17)16(12)20-11-10-19-14-8-6-13(18-2)7-9-14/h3-9H,10-11,17H2,1-2H3. The minimum absolute atomic E-state index is 0.446. The molecule has 106 valence electrons. The van der Waals surface area contributed by atoms with Crippen LogP contribution in [0.25, 0.3) is 0 Å². The maximum Gasteiger partial charge on any atom is 0.145 e. The van der Waals surface area contributed by atoms with E-state index >= 15 is 0 Å². The zero-order valence-corrected chi connectivity index (χ0v) is 11.8. The first kappa shape index (κ1) is 14.1. The highest BCUT2D eigenvalue weighted by atomic mass is 16.5. The number of methoxy groups -OCH3 is 1. The van der Waals surface area contributed by atoms with Gasteiger partial charge in [0.1, 0.15) is 30.5 Å². The molecule has 0 aliphatic carbocycles. The van der Waals surface area contributed by atoms with Crippen molar-refractivity contribution in [2.75, 3.05) is 26.1 Å². The Morgan fingerprint density at radius 2 is 1.55 bits per heavy atom. The number of hydrogen-bond acceptors (Lipinski definition) is 4. The molecule has 0 saturated carbocycles. The second-order valence-electron chi connectivity index (χ2n) is 4.37. The van der Waals surface area contributed by atoms with Crippen molar-refractivity contribution in [3.05, 3.63) is 48.0 Å². The summed E-state index contributed by atoms with van der Waals surface area (Å²) in [6.07, 6.45) is 0. The van der Waals surface area contributed by atoms with Gasteiger partial charge in [-0.25, -0.2) is 0 Å². The van der Waals surface area contributed by atoms with E-state index < -0.39 is 0 Å². The van der Waals surface area contributed by atoms with Gasteiger partial charge < -0.3 is 19.9 Å². The SMILES string of the molecule is COc1ccc(OCCOc2c(C)cccc2N)cc1. The van der Waals surface area contributed by atoms with Gasteiger partial charge in [0.15, 0.2) is 0 Å². The van der Waals surface area contributed by atoms with Crippen LogP contribution in [0.2, 0.25) is 0 Å². The highest BCUT2D eigenvalue weighted by Crippen LogP contribution is 2.25. The van der Waals surface area contributed by atoms with Crippen molar-refractivity contribution in [3.63, 3.8) is 0 Å². The molecular weight excluding hydrogens is 254 g/mol. The molecule has 2 aromatic carbocycles. The summed E-state index contributed by atoms with van der Waals surface area (Å²) < 4.78 is 16.3. The van der Waals surface area contributed by atoms with Crippen molar-refractivity contribution in [2.45, 2.75) is 6.92 Å². The van der Waals surface area contributed by atoms with Gasteiger partial charge in [0.05, 0.1) is 12.8 Å². The van der Waals surface area contributed by atoms with Crippen molar-refractivity contribution in [1.29, 1.82) is 0 Å². The van der Waals surface area contributed by atoms with Gasteiger partial charge in [-0.15, -0.1) is 0 Å². The fraction of sp³-hybridized carbons (Fsp3) is 0.250. The molecule has 0 amide bonds.